The number of rotatable bonds is 7. The largest absolute Gasteiger partial charge is 0.490 e. The summed E-state index contributed by atoms with van der Waals surface area (Å²) in [6, 6.07) is 4.70. The number of carbonyl (C=O) groups is 2. The van der Waals surface area contributed by atoms with Crippen molar-refractivity contribution in [3.63, 3.8) is 0 Å². The highest BCUT2D eigenvalue weighted by atomic mass is 32.2. The number of halogens is 4. The number of hydrogen-bond donors (Lipinski definition) is 2. The second-order valence-electron chi connectivity index (χ2n) is 6.58. The predicted octanol–water partition coefficient (Wildman–Crippen LogP) is 1.68. The van der Waals surface area contributed by atoms with Crippen molar-refractivity contribution in [2.75, 3.05) is 39.3 Å². The molecule has 176 valence electrons. The van der Waals surface area contributed by atoms with Gasteiger partial charge in [-0.2, -0.15) is 17.5 Å². The first-order chi connectivity index (χ1) is 14.4. The third-order valence-corrected chi connectivity index (χ3v) is 6.10. The van der Waals surface area contributed by atoms with E-state index in [1.54, 1.807) is 4.90 Å². The van der Waals surface area contributed by atoms with Crippen LogP contribution in [0.5, 0.6) is 0 Å². The lowest BCUT2D eigenvalue weighted by atomic mass is 10.3. The first-order valence-corrected chi connectivity index (χ1v) is 10.9. The van der Waals surface area contributed by atoms with Crippen molar-refractivity contribution in [2.24, 2.45) is 0 Å². The highest BCUT2D eigenvalue weighted by molar-refractivity contribution is 7.89. The predicted molar refractivity (Wildman–Crippen MR) is 103 cm³/mol. The van der Waals surface area contributed by atoms with Gasteiger partial charge < -0.3 is 15.3 Å². The Kier molecular flexibility index (Phi) is 10.3. The zero-order valence-corrected chi connectivity index (χ0v) is 17.7. The summed E-state index contributed by atoms with van der Waals surface area (Å²) in [6.45, 7) is 4.64. The van der Waals surface area contributed by atoms with Gasteiger partial charge in [0.05, 0.1) is 11.4 Å². The number of piperazine rings is 1. The molecule has 0 atom stereocenters. The minimum absolute atomic E-state index is 0.00751. The van der Waals surface area contributed by atoms with Crippen LogP contribution in [-0.2, 0) is 19.6 Å². The van der Waals surface area contributed by atoms with Gasteiger partial charge in [-0.3, -0.25) is 4.79 Å². The molecule has 1 amide bonds. The number of nitrogens with one attached hydrogen (secondary N) is 1. The van der Waals surface area contributed by atoms with Crippen molar-refractivity contribution in [3.8, 4) is 0 Å². The lowest BCUT2D eigenvalue weighted by Gasteiger charge is -2.30. The lowest BCUT2D eigenvalue weighted by molar-refractivity contribution is -0.192. The van der Waals surface area contributed by atoms with Gasteiger partial charge in [0.15, 0.2) is 0 Å². The van der Waals surface area contributed by atoms with E-state index in [1.165, 1.54) is 16.4 Å². The summed E-state index contributed by atoms with van der Waals surface area (Å²) in [7, 11) is -3.82. The van der Waals surface area contributed by atoms with Gasteiger partial charge in [-0.25, -0.2) is 17.6 Å². The molecule has 8 nitrogen and oxygen atoms in total. The summed E-state index contributed by atoms with van der Waals surface area (Å²) in [5.74, 6) is -3.45. The normalized spacial score (nSPS) is 14.7. The van der Waals surface area contributed by atoms with Gasteiger partial charge in [-0.1, -0.05) is 13.3 Å². The van der Waals surface area contributed by atoms with E-state index in [9.17, 15) is 30.8 Å². The molecule has 0 spiro atoms. The molecule has 0 aliphatic carbocycles. The molecular formula is C18H25F4N3O5S. The molecule has 0 unspecified atom stereocenters. The van der Waals surface area contributed by atoms with Gasteiger partial charge >= 0.3 is 12.1 Å². The van der Waals surface area contributed by atoms with Gasteiger partial charge in [-0.15, -0.1) is 0 Å². The monoisotopic (exact) mass is 471 g/mol. The smallest absolute Gasteiger partial charge is 0.475 e. The fraction of sp³-hybridized carbons (Fsp3) is 0.556. The molecule has 1 aromatic carbocycles. The van der Waals surface area contributed by atoms with Crippen LogP contribution in [0.3, 0.4) is 0 Å². The van der Waals surface area contributed by atoms with E-state index in [0.29, 0.717) is 32.6 Å². The fourth-order valence-electron chi connectivity index (χ4n) is 2.54. The van der Waals surface area contributed by atoms with E-state index >= 15 is 0 Å². The van der Waals surface area contributed by atoms with Crippen LogP contribution in [0.15, 0.2) is 29.2 Å². The van der Waals surface area contributed by atoms with Gasteiger partial charge in [0.1, 0.15) is 5.82 Å². The molecule has 2 rings (SSSR count). The Labute approximate surface area is 177 Å². The van der Waals surface area contributed by atoms with Gasteiger partial charge in [0.25, 0.3) is 0 Å². The van der Waals surface area contributed by atoms with Crippen LogP contribution in [0.2, 0.25) is 0 Å². The number of carbonyl (C=O) groups excluding carboxylic acids is 1. The molecular weight excluding hydrogens is 446 g/mol. The van der Waals surface area contributed by atoms with E-state index in [1.807, 2.05) is 6.92 Å². The van der Waals surface area contributed by atoms with Crippen LogP contribution in [0.25, 0.3) is 0 Å². The van der Waals surface area contributed by atoms with Gasteiger partial charge in [0, 0.05) is 32.7 Å². The molecule has 0 saturated carbocycles. The molecule has 1 aromatic rings. The molecule has 13 heteroatoms. The van der Waals surface area contributed by atoms with Crippen LogP contribution in [0, 0.1) is 5.82 Å². The minimum Gasteiger partial charge on any atom is -0.475 e. The van der Waals surface area contributed by atoms with Crippen molar-refractivity contribution in [1.82, 2.24) is 14.5 Å². The van der Waals surface area contributed by atoms with E-state index in [4.69, 9.17) is 9.90 Å². The van der Waals surface area contributed by atoms with Crippen LogP contribution in [0.4, 0.5) is 17.6 Å². The number of hydrogen-bond acceptors (Lipinski definition) is 5. The van der Waals surface area contributed by atoms with Gasteiger partial charge in [-0.05, 0) is 30.7 Å². The standard InChI is InChI=1S/C16H24FN3O3S.C2HF3O2/c1-2-3-10-20(13-16(21)19-11-8-18-9-12-19)24(22,23)15-6-4-14(17)5-7-15;3-2(4,5)1(6)7/h4-7,18H,2-3,8-13H2,1H3;(H,6,7). The Morgan fingerprint density at radius 2 is 1.68 bits per heavy atom. The molecule has 0 radical (unpaired) electrons. The maximum atomic E-state index is 13.1. The quantitative estimate of drug-likeness (QED) is 0.586. The second-order valence-corrected chi connectivity index (χ2v) is 8.52. The summed E-state index contributed by atoms with van der Waals surface area (Å²) in [6.07, 6.45) is -3.60. The van der Waals surface area contributed by atoms with Crippen molar-refractivity contribution in [2.45, 2.75) is 30.8 Å². The van der Waals surface area contributed by atoms with E-state index in [0.717, 1.165) is 18.6 Å². The number of aliphatic carboxylic acids is 1. The maximum absolute atomic E-state index is 13.1. The summed E-state index contributed by atoms with van der Waals surface area (Å²) in [5, 5.41) is 10.3. The highest BCUT2D eigenvalue weighted by Crippen LogP contribution is 2.17. The summed E-state index contributed by atoms with van der Waals surface area (Å²) >= 11 is 0. The lowest BCUT2D eigenvalue weighted by Crippen LogP contribution is -2.50. The molecule has 1 heterocycles. The number of benzene rings is 1. The summed E-state index contributed by atoms with van der Waals surface area (Å²) in [5.41, 5.74) is 0. The van der Waals surface area contributed by atoms with Crippen molar-refractivity contribution >= 4 is 21.9 Å². The first-order valence-electron chi connectivity index (χ1n) is 9.44. The molecule has 31 heavy (non-hydrogen) atoms. The Balaban J connectivity index is 0.000000592. The summed E-state index contributed by atoms with van der Waals surface area (Å²) < 4.78 is 71.6. The number of unbranched alkanes of at least 4 members (excludes halogenated alkanes) is 1. The molecule has 2 N–H and O–H groups in total. The van der Waals surface area contributed by atoms with E-state index < -0.39 is 28.0 Å². The average molecular weight is 471 g/mol. The number of nitrogens with zero attached hydrogens (tertiary/aromatic N) is 2. The molecule has 1 aliphatic heterocycles. The zero-order chi connectivity index (χ0) is 23.7. The third-order valence-electron chi connectivity index (χ3n) is 4.24. The second kappa shape index (κ2) is 12.0. The van der Waals surface area contributed by atoms with Gasteiger partial charge in [0.2, 0.25) is 15.9 Å². The Morgan fingerprint density at radius 1 is 1.16 bits per heavy atom. The molecule has 1 fully saturated rings. The Morgan fingerprint density at radius 3 is 2.13 bits per heavy atom. The summed E-state index contributed by atoms with van der Waals surface area (Å²) in [4.78, 5) is 23.0. The number of carboxylic acids is 1. The first kappa shape index (κ1) is 26.8. The van der Waals surface area contributed by atoms with Crippen molar-refractivity contribution < 1.29 is 40.7 Å². The Hall–Kier alpha value is -2.25. The molecule has 1 saturated heterocycles. The molecule has 1 aliphatic rings. The number of carboxylic acid groups (broad SMARTS) is 1. The number of sulfonamides is 1. The highest BCUT2D eigenvalue weighted by Gasteiger charge is 2.38. The Bertz CT molecular complexity index is 826. The van der Waals surface area contributed by atoms with Crippen LogP contribution >= 0.6 is 0 Å². The van der Waals surface area contributed by atoms with Crippen LogP contribution in [-0.4, -0.2) is 80.1 Å². The van der Waals surface area contributed by atoms with Crippen LogP contribution in [0.1, 0.15) is 19.8 Å². The van der Waals surface area contributed by atoms with Crippen molar-refractivity contribution in [3.05, 3.63) is 30.1 Å². The third kappa shape index (κ3) is 8.79. The van der Waals surface area contributed by atoms with E-state index in [-0.39, 0.29) is 23.9 Å². The molecule has 0 bridgehead atoms. The average Bonchev–Trinajstić information content (AvgIpc) is 2.71. The SMILES string of the molecule is CCCCN(CC(=O)N1CCNCC1)S(=O)(=O)c1ccc(F)cc1.O=C(O)C(F)(F)F. The zero-order valence-electron chi connectivity index (χ0n) is 16.9. The number of alkyl halides is 3. The fourth-order valence-corrected chi connectivity index (χ4v) is 3.97. The topological polar surface area (TPSA) is 107 Å². The van der Waals surface area contributed by atoms with E-state index in [2.05, 4.69) is 5.32 Å². The minimum atomic E-state index is -5.08. The maximum Gasteiger partial charge on any atom is 0.490 e. The number of amides is 1. The molecule has 0 aromatic heterocycles. The van der Waals surface area contributed by atoms with Crippen LogP contribution < -0.4 is 5.32 Å². The van der Waals surface area contributed by atoms with Crippen molar-refractivity contribution in [1.29, 1.82) is 0 Å².